The molecule has 6 aliphatic heterocycles. The van der Waals surface area contributed by atoms with Crippen molar-refractivity contribution >= 4 is 0 Å². The predicted octanol–water partition coefficient (Wildman–Crippen LogP) is 2.76. The molecule has 5 nitrogen and oxygen atoms in total. The molecule has 28 heavy (non-hydrogen) atoms. The van der Waals surface area contributed by atoms with E-state index in [1.807, 2.05) is 0 Å². The van der Waals surface area contributed by atoms with Gasteiger partial charge in [0.2, 0.25) is 6.79 Å². The van der Waals surface area contributed by atoms with Crippen LogP contribution in [0.15, 0.2) is 18.2 Å². The Balaban J connectivity index is 1.30. The van der Waals surface area contributed by atoms with Crippen molar-refractivity contribution in [2.24, 2.45) is 5.92 Å². The van der Waals surface area contributed by atoms with Crippen LogP contribution in [0, 0.1) is 5.92 Å². The Morgan fingerprint density at radius 1 is 0.929 bits per heavy atom. The Bertz CT molecular complexity index is 725. The highest BCUT2D eigenvalue weighted by Crippen LogP contribution is 2.49. The number of rotatable bonds is 3. The second kappa shape index (κ2) is 6.89. The third kappa shape index (κ3) is 2.70. The molecule has 5 saturated heterocycles. The largest absolute Gasteiger partial charge is 0.454 e. The van der Waals surface area contributed by atoms with E-state index in [0.29, 0.717) is 18.8 Å². The Morgan fingerprint density at radius 3 is 2.50 bits per heavy atom. The topological polar surface area (TPSA) is 28.2 Å². The van der Waals surface area contributed by atoms with Crippen LogP contribution in [0.1, 0.15) is 44.1 Å². The molecule has 0 aliphatic carbocycles. The van der Waals surface area contributed by atoms with E-state index in [9.17, 15) is 0 Å². The lowest BCUT2D eigenvalue weighted by Crippen LogP contribution is -2.61. The number of benzene rings is 1. The van der Waals surface area contributed by atoms with E-state index in [4.69, 9.17) is 9.47 Å². The molecular formula is C23H33N3O2. The third-order valence-corrected chi connectivity index (χ3v) is 8.33. The van der Waals surface area contributed by atoms with Gasteiger partial charge in [-0.2, -0.15) is 0 Å². The van der Waals surface area contributed by atoms with Crippen LogP contribution in [-0.2, 0) is 0 Å². The van der Waals surface area contributed by atoms with Crippen molar-refractivity contribution in [3.05, 3.63) is 23.8 Å². The van der Waals surface area contributed by atoms with Crippen LogP contribution in [0.3, 0.4) is 0 Å². The molecule has 2 bridgehead atoms. The lowest BCUT2D eigenvalue weighted by Gasteiger charge is -2.53. The van der Waals surface area contributed by atoms with Crippen LogP contribution in [0.4, 0.5) is 0 Å². The van der Waals surface area contributed by atoms with E-state index in [2.05, 4.69) is 39.8 Å². The van der Waals surface area contributed by atoms with E-state index >= 15 is 0 Å². The molecule has 1 aromatic rings. The molecule has 1 aromatic carbocycles. The van der Waals surface area contributed by atoms with Crippen LogP contribution in [0.5, 0.6) is 11.5 Å². The molecule has 0 radical (unpaired) electrons. The monoisotopic (exact) mass is 383 g/mol. The molecule has 5 heteroatoms. The van der Waals surface area contributed by atoms with Crippen molar-refractivity contribution in [2.75, 3.05) is 46.1 Å². The van der Waals surface area contributed by atoms with Crippen molar-refractivity contribution in [3.63, 3.8) is 0 Å². The quantitative estimate of drug-likeness (QED) is 0.800. The molecule has 0 unspecified atom stereocenters. The first-order valence-electron chi connectivity index (χ1n) is 11.4. The van der Waals surface area contributed by atoms with Crippen molar-refractivity contribution in [1.29, 1.82) is 0 Å². The van der Waals surface area contributed by atoms with E-state index in [0.717, 1.165) is 29.5 Å². The normalized spacial score (nSPS) is 38.1. The first kappa shape index (κ1) is 17.5. The molecular weight excluding hydrogens is 350 g/mol. The lowest BCUT2D eigenvalue weighted by molar-refractivity contribution is -0.0269. The van der Waals surface area contributed by atoms with Gasteiger partial charge in [0.15, 0.2) is 11.5 Å². The van der Waals surface area contributed by atoms with Crippen LogP contribution >= 0.6 is 0 Å². The first-order chi connectivity index (χ1) is 13.8. The highest BCUT2D eigenvalue weighted by molar-refractivity contribution is 5.46. The van der Waals surface area contributed by atoms with Crippen molar-refractivity contribution in [1.82, 2.24) is 14.7 Å². The molecule has 7 rings (SSSR count). The highest BCUT2D eigenvalue weighted by Gasteiger charge is 2.54. The standard InChI is InChI=1S/C23H33N3O2/c1-2-24-9-7-18(8-10-24)26-14-19(17-3-4-20-21(13-17)28-15-27-20)23-22(26)16-5-11-25(23)12-6-16/h3-4,13,16,18-19,22-23H,2,5-12,14-15H2,1H3/t19-,22+,23+/m1/s1. The Kier molecular flexibility index (Phi) is 4.32. The summed E-state index contributed by atoms with van der Waals surface area (Å²) >= 11 is 0. The van der Waals surface area contributed by atoms with Crippen LogP contribution in [-0.4, -0.2) is 78.9 Å². The number of hydrogen-bond donors (Lipinski definition) is 0. The van der Waals surface area contributed by atoms with E-state index < -0.39 is 0 Å². The fourth-order valence-electron chi connectivity index (χ4n) is 6.88. The van der Waals surface area contributed by atoms with Gasteiger partial charge in [-0.25, -0.2) is 0 Å². The second-order valence-corrected chi connectivity index (χ2v) is 9.44. The second-order valence-electron chi connectivity index (χ2n) is 9.44. The van der Waals surface area contributed by atoms with Gasteiger partial charge in [-0.1, -0.05) is 13.0 Å². The third-order valence-electron chi connectivity index (χ3n) is 8.33. The molecule has 0 aromatic heterocycles. The number of piperidine rings is 4. The van der Waals surface area contributed by atoms with Gasteiger partial charge in [0, 0.05) is 30.6 Å². The maximum atomic E-state index is 5.71. The summed E-state index contributed by atoms with van der Waals surface area (Å²) in [5, 5.41) is 0. The zero-order valence-electron chi connectivity index (χ0n) is 17.1. The number of fused-ring (bicyclic) bond motifs is 3. The Morgan fingerprint density at radius 2 is 1.71 bits per heavy atom. The highest BCUT2D eigenvalue weighted by atomic mass is 16.7. The Labute approximate surface area is 168 Å². The van der Waals surface area contributed by atoms with Crippen LogP contribution in [0.25, 0.3) is 0 Å². The number of likely N-dealkylation sites (tertiary alicyclic amines) is 2. The maximum absolute atomic E-state index is 5.71. The van der Waals surface area contributed by atoms with Crippen molar-refractivity contribution in [2.45, 2.75) is 56.7 Å². The zero-order chi connectivity index (χ0) is 18.7. The average Bonchev–Trinajstić information content (AvgIpc) is 3.40. The van der Waals surface area contributed by atoms with Gasteiger partial charge in [0.25, 0.3) is 0 Å². The molecule has 0 spiro atoms. The van der Waals surface area contributed by atoms with Crippen LogP contribution in [0.2, 0.25) is 0 Å². The summed E-state index contributed by atoms with van der Waals surface area (Å²) in [5.74, 6) is 3.36. The molecule has 6 aliphatic rings. The lowest BCUT2D eigenvalue weighted by atomic mass is 9.75. The fraction of sp³-hybridized carbons (Fsp3) is 0.739. The van der Waals surface area contributed by atoms with Gasteiger partial charge in [-0.3, -0.25) is 9.80 Å². The van der Waals surface area contributed by atoms with Gasteiger partial charge in [-0.15, -0.1) is 0 Å². The summed E-state index contributed by atoms with van der Waals surface area (Å²) in [7, 11) is 0. The average molecular weight is 384 g/mol. The number of hydrogen-bond acceptors (Lipinski definition) is 5. The van der Waals surface area contributed by atoms with Gasteiger partial charge in [-0.05, 0) is 82.0 Å². The molecule has 6 heterocycles. The van der Waals surface area contributed by atoms with Crippen LogP contribution < -0.4 is 9.47 Å². The number of nitrogens with zero attached hydrogens (tertiary/aromatic N) is 3. The minimum Gasteiger partial charge on any atom is -0.454 e. The molecule has 5 fully saturated rings. The van der Waals surface area contributed by atoms with Crippen molar-refractivity contribution in [3.8, 4) is 11.5 Å². The summed E-state index contributed by atoms with van der Waals surface area (Å²) < 4.78 is 11.3. The van der Waals surface area contributed by atoms with E-state index in [1.165, 1.54) is 70.5 Å². The minimum absolute atomic E-state index is 0.367. The SMILES string of the molecule is CCN1CCC(N2C[C@H](c3ccc4c(c3)OCO4)[C@H]3[C@@H]2C2CCN3CC2)CC1. The summed E-state index contributed by atoms with van der Waals surface area (Å²) in [4.78, 5) is 8.40. The number of ether oxygens (including phenoxy) is 2. The van der Waals surface area contributed by atoms with Crippen molar-refractivity contribution < 1.29 is 9.47 Å². The summed E-state index contributed by atoms with van der Waals surface area (Å²) in [6.07, 6.45) is 5.49. The summed E-state index contributed by atoms with van der Waals surface area (Å²) in [6.45, 7) is 10.2. The zero-order valence-corrected chi connectivity index (χ0v) is 17.1. The smallest absolute Gasteiger partial charge is 0.231 e. The molecule has 0 saturated carbocycles. The first-order valence-corrected chi connectivity index (χ1v) is 11.4. The summed E-state index contributed by atoms with van der Waals surface area (Å²) in [6, 6.07) is 8.94. The molecule has 3 atom stereocenters. The maximum Gasteiger partial charge on any atom is 0.231 e. The molecule has 0 amide bonds. The van der Waals surface area contributed by atoms with Gasteiger partial charge >= 0.3 is 0 Å². The van der Waals surface area contributed by atoms with E-state index in [1.54, 1.807) is 0 Å². The molecule has 152 valence electrons. The van der Waals surface area contributed by atoms with E-state index in [-0.39, 0.29) is 0 Å². The molecule has 0 N–H and O–H groups in total. The predicted molar refractivity (Wildman–Crippen MR) is 109 cm³/mol. The van der Waals surface area contributed by atoms with Gasteiger partial charge in [0.1, 0.15) is 0 Å². The summed E-state index contributed by atoms with van der Waals surface area (Å²) in [5.41, 5.74) is 1.46. The minimum atomic E-state index is 0.367. The Hall–Kier alpha value is -1.30. The fourth-order valence-corrected chi connectivity index (χ4v) is 6.88. The van der Waals surface area contributed by atoms with Gasteiger partial charge in [0.05, 0.1) is 0 Å². The van der Waals surface area contributed by atoms with Gasteiger partial charge < -0.3 is 14.4 Å².